The van der Waals surface area contributed by atoms with Crippen LogP contribution in [0.2, 0.25) is 0 Å². The van der Waals surface area contributed by atoms with Gasteiger partial charge in [-0.25, -0.2) is 0 Å². The summed E-state index contributed by atoms with van der Waals surface area (Å²) < 4.78 is 2.22. The lowest BCUT2D eigenvalue weighted by Gasteiger charge is -2.33. The standard InChI is InChI=1S/C18H29N3/c1-18(2,3)21(6)12-11-19(4)13-15-14-20(5)17-10-8-7-9-16(15)17/h7-10,14H,11-13H2,1-6H3. The second-order valence-corrected chi connectivity index (χ2v) is 7.11. The summed E-state index contributed by atoms with van der Waals surface area (Å²) >= 11 is 0. The molecule has 0 saturated heterocycles. The highest BCUT2D eigenvalue weighted by molar-refractivity contribution is 5.83. The maximum Gasteiger partial charge on any atom is 0.0481 e. The number of likely N-dealkylation sites (N-methyl/N-ethyl adjacent to an activating group) is 2. The molecule has 0 fully saturated rings. The van der Waals surface area contributed by atoms with Crippen molar-refractivity contribution in [2.24, 2.45) is 7.05 Å². The van der Waals surface area contributed by atoms with Crippen molar-refractivity contribution in [3.05, 3.63) is 36.0 Å². The maximum absolute atomic E-state index is 2.41. The van der Waals surface area contributed by atoms with E-state index in [2.05, 4.69) is 86.7 Å². The summed E-state index contributed by atoms with van der Waals surface area (Å²) in [6.45, 7) is 9.95. The number of benzene rings is 1. The molecule has 3 heteroatoms. The number of aryl methyl sites for hydroxylation is 1. The van der Waals surface area contributed by atoms with E-state index in [-0.39, 0.29) is 5.54 Å². The van der Waals surface area contributed by atoms with Crippen molar-refractivity contribution in [2.45, 2.75) is 32.9 Å². The molecular weight excluding hydrogens is 258 g/mol. The average molecular weight is 287 g/mol. The lowest BCUT2D eigenvalue weighted by Crippen LogP contribution is -2.42. The van der Waals surface area contributed by atoms with Crippen LogP contribution < -0.4 is 0 Å². The molecule has 0 amide bonds. The van der Waals surface area contributed by atoms with Gasteiger partial charge in [0, 0.05) is 49.3 Å². The van der Waals surface area contributed by atoms with Crippen LogP contribution in [0.3, 0.4) is 0 Å². The fourth-order valence-corrected chi connectivity index (χ4v) is 2.58. The zero-order valence-corrected chi connectivity index (χ0v) is 14.3. The minimum atomic E-state index is 0.236. The minimum absolute atomic E-state index is 0.236. The number of hydrogen-bond donors (Lipinski definition) is 0. The zero-order chi connectivity index (χ0) is 15.6. The predicted octanol–water partition coefficient (Wildman–Crippen LogP) is 3.34. The molecular formula is C18H29N3. The van der Waals surface area contributed by atoms with Gasteiger partial charge in [0.2, 0.25) is 0 Å². The van der Waals surface area contributed by atoms with Gasteiger partial charge in [0.15, 0.2) is 0 Å². The van der Waals surface area contributed by atoms with Crippen LogP contribution in [0.1, 0.15) is 26.3 Å². The summed E-state index contributed by atoms with van der Waals surface area (Å²) in [5.74, 6) is 0. The molecule has 21 heavy (non-hydrogen) atoms. The summed E-state index contributed by atoms with van der Waals surface area (Å²) in [6.07, 6.45) is 2.26. The van der Waals surface area contributed by atoms with Crippen LogP contribution in [0.25, 0.3) is 10.9 Å². The molecule has 116 valence electrons. The van der Waals surface area contributed by atoms with Crippen LogP contribution in [-0.2, 0) is 13.6 Å². The third kappa shape index (κ3) is 3.86. The summed E-state index contributed by atoms with van der Waals surface area (Å²) in [6, 6.07) is 8.64. The van der Waals surface area contributed by atoms with Gasteiger partial charge in [0.25, 0.3) is 0 Å². The van der Waals surface area contributed by atoms with E-state index in [1.807, 2.05) is 0 Å². The Morgan fingerprint density at radius 2 is 1.71 bits per heavy atom. The Bertz CT molecular complexity index is 592. The van der Waals surface area contributed by atoms with Gasteiger partial charge >= 0.3 is 0 Å². The molecule has 0 saturated carbocycles. The molecule has 2 aromatic rings. The summed E-state index contributed by atoms with van der Waals surface area (Å²) in [5.41, 5.74) is 2.96. The Hall–Kier alpha value is -1.32. The minimum Gasteiger partial charge on any atom is -0.350 e. The molecule has 1 aromatic heterocycles. The molecule has 0 spiro atoms. The topological polar surface area (TPSA) is 11.4 Å². The van der Waals surface area contributed by atoms with Gasteiger partial charge < -0.3 is 14.4 Å². The first kappa shape index (κ1) is 16.1. The predicted molar refractivity (Wildman–Crippen MR) is 91.6 cm³/mol. The molecule has 0 N–H and O–H groups in total. The van der Waals surface area contributed by atoms with E-state index in [1.165, 1.54) is 16.5 Å². The quantitative estimate of drug-likeness (QED) is 0.835. The van der Waals surface area contributed by atoms with Gasteiger partial charge in [-0.1, -0.05) is 18.2 Å². The Morgan fingerprint density at radius 1 is 1.05 bits per heavy atom. The van der Waals surface area contributed by atoms with Crippen LogP contribution in [0, 0.1) is 0 Å². The fourth-order valence-electron chi connectivity index (χ4n) is 2.58. The molecule has 0 radical (unpaired) electrons. The average Bonchev–Trinajstić information content (AvgIpc) is 2.72. The van der Waals surface area contributed by atoms with Gasteiger partial charge in [-0.05, 0) is 46.5 Å². The molecule has 0 atom stereocenters. The van der Waals surface area contributed by atoms with Crippen molar-refractivity contribution < 1.29 is 0 Å². The van der Waals surface area contributed by atoms with Crippen LogP contribution in [0.15, 0.2) is 30.5 Å². The van der Waals surface area contributed by atoms with Crippen molar-refractivity contribution >= 4 is 10.9 Å². The third-order valence-corrected chi connectivity index (χ3v) is 4.38. The van der Waals surface area contributed by atoms with Crippen molar-refractivity contribution in [2.75, 3.05) is 27.2 Å². The van der Waals surface area contributed by atoms with Crippen LogP contribution in [0.4, 0.5) is 0 Å². The second kappa shape index (κ2) is 6.20. The third-order valence-electron chi connectivity index (χ3n) is 4.38. The first-order valence-corrected chi connectivity index (χ1v) is 7.72. The van der Waals surface area contributed by atoms with E-state index in [1.54, 1.807) is 0 Å². The molecule has 0 unspecified atom stereocenters. The Kier molecular flexibility index (Phi) is 4.74. The highest BCUT2D eigenvalue weighted by Gasteiger charge is 2.17. The molecule has 3 nitrogen and oxygen atoms in total. The fraction of sp³-hybridized carbons (Fsp3) is 0.556. The Morgan fingerprint density at radius 3 is 2.38 bits per heavy atom. The lowest BCUT2D eigenvalue weighted by molar-refractivity contribution is 0.153. The maximum atomic E-state index is 2.41. The van der Waals surface area contributed by atoms with Crippen molar-refractivity contribution in [1.82, 2.24) is 14.4 Å². The molecule has 2 rings (SSSR count). The second-order valence-electron chi connectivity index (χ2n) is 7.11. The van der Waals surface area contributed by atoms with Crippen molar-refractivity contribution in [1.29, 1.82) is 0 Å². The van der Waals surface area contributed by atoms with Gasteiger partial charge in [0.1, 0.15) is 0 Å². The van der Waals surface area contributed by atoms with Crippen molar-refractivity contribution in [3.8, 4) is 0 Å². The zero-order valence-electron chi connectivity index (χ0n) is 14.3. The van der Waals surface area contributed by atoms with E-state index in [9.17, 15) is 0 Å². The SMILES string of the molecule is CN(CCN(C)C(C)(C)C)Cc1cn(C)c2ccccc12. The van der Waals surface area contributed by atoms with E-state index in [0.29, 0.717) is 0 Å². The number of fused-ring (bicyclic) bond motifs is 1. The van der Waals surface area contributed by atoms with Crippen LogP contribution >= 0.6 is 0 Å². The van der Waals surface area contributed by atoms with Gasteiger partial charge in [-0.15, -0.1) is 0 Å². The Labute approximate surface area is 129 Å². The van der Waals surface area contributed by atoms with Crippen molar-refractivity contribution in [3.63, 3.8) is 0 Å². The number of nitrogens with zero attached hydrogens (tertiary/aromatic N) is 3. The lowest BCUT2D eigenvalue weighted by atomic mass is 10.1. The largest absolute Gasteiger partial charge is 0.350 e. The molecule has 0 aliphatic carbocycles. The molecule has 1 aromatic carbocycles. The summed E-state index contributed by atoms with van der Waals surface area (Å²) in [5, 5.41) is 1.37. The summed E-state index contributed by atoms with van der Waals surface area (Å²) in [4.78, 5) is 4.82. The first-order chi connectivity index (χ1) is 9.79. The van der Waals surface area contributed by atoms with E-state index >= 15 is 0 Å². The van der Waals surface area contributed by atoms with Gasteiger partial charge in [-0.2, -0.15) is 0 Å². The first-order valence-electron chi connectivity index (χ1n) is 7.72. The molecule has 0 bridgehead atoms. The number of hydrogen-bond acceptors (Lipinski definition) is 2. The highest BCUT2D eigenvalue weighted by atomic mass is 15.2. The molecule has 0 aliphatic heterocycles. The normalized spacial score (nSPS) is 12.8. The van der Waals surface area contributed by atoms with E-state index in [0.717, 1.165) is 19.6 Å². The van der Waals surface area contributed by atoms with Crippen LogP contribution in [0.5, 0.6) is 0 Å². The molecule has 0 aliphatic rings. The monoisotopic (exact) mass is 287 g/mol. The molecule has 1 heterocycles. The smallest absolute Gasteiger partial charge is 0.0481 e. The number of rotatable bonds is 5. The van der Waals surface area contributed by atoms with Crippen LogP contribution in [-0.4, -0.2) is 47.1 Å². The van der Waals surface area contributed by atoms with Gasteiger partial charge in [-0.3, -0.25) is 0 Å². The summed E-state index contributed by atoms with van der Waals surface area (Å²) in [7, 11) is 6.53. The number of aromatic nitrogens is 1. The van der Waals surface area contributed by atoms with E-state index < -0.39 is 0 Å². The van der Waals surface area contributed by atoms with Gasteiger partial charge in [0.05, 0.1) is 0 Å². The number of para-hydroxylation sites is 1. The highest BCUT2D eigenvalue weighted by Crippen LogP contribution is 2.21. The Balaban J connectivity index is 2.00. The van der Waals surface area contributed by atoms with E-state index in [4.69, 9.17) is 0 Å².